The van der Waals surface area contributed by atoms with Gasteiger partial charge in [0.2, 0.25) is 5.66 Å². The summed E-state index contributed by atoms with van der Waals surface area (Å²) in [7, 11) is -4.00. The maximum atomic E-state index is 12.9. The van der Waals surface area contributed by atoms with Gasteiger partial charge in [-0.1, -0.05) is 18.2 Å². The lowest BCUT2D eigenvalue weighted by atomic mass is 10.3. The largest absolute Gasteiger partial charge is 0.486 e. The second-order valence-electron chi connectivity index (χ2n) is 4.60. The number of para-hydroxylation sites is 1. The molecule has 0 spiro atoms. The molecule has 0 fully saturated rings. The summed E-state index contributed by atoms with van der Waals surface area (Å²) in [5, 5.41) is 0. The summed E-state index contributed by atoms with van der Waals surface area (Å²) in [5.41, 5.74) is -1.67. The average Bonchev–Trinajstić information content (AvgIpc) is 2.54. The summed E-state index contributed by atoms with van der Waals surface area (Å²) in [5.74, 6) is -1.21. The van der Waals surface area contributed by atoms with Crippen molar-refractivity contribution in [3.63, 3.8) is 0 Å². The Morgan fingerprint density at radius 2 is 1.58 bits per heavy atom. The summed E-state index contributed by atoms with van der Waals surface area (Å²) in [6.45, 7) is 4.43. The Balaban J connectivity index is 2.96. The summed E-state index contributed by atoms with van der Waals surface area (Å²) in [6.07, 6.45) is 0. The number of hydrogen-bond acceptors (Lipinski definition) is 7. The van der Waals surface area contributed by atoms with E-state index in [1.54, 1.807) is 51.1 Å². The SMILES string of the molecule is CCOC(=O)C(C(=O)COc1ccccc1)P(=O)(OCC)OCC. The standard InChI is InChI=1S/C16H23O7P/c1-4-20-16(18)15(24(19,22-5-2)23-6-3)14(17)12-21-13-10-8-7-9-11-13/h7-11,15H,4-6,12H2,1-3H3. The van der Waals surface area contributed by atoms with Gasteiger partial charge in [-0.2, -0.15) is 0 Å². The van der Waals surface area contributed by atoms with Gasteiger partial charge in [-0.3, -0.25) is 14.2 Å². The van der Waals surface area contributed by atoms with E-state index < -0.39 is 31.6 Å². The minimum Gasteiger partial charge on any atom is -0.486 e. The van der Waals surface area contributed by atoms with E-state index in [9.17, 15) is 14.2 Å². The number of carbonyl (C=O) groups excluding carboxylic acids is 2. The van der Waals surface area contributed by atoms with Crippen LogP contribution in [0.1, 0.15) is 20.8 Å². The maximum absolute atomic E-state index is 12.9. The number of ketones is 1. The van der Waals surface area contributed by atoms with Gasteiger partial charge < -0.3 is 18.5 Å². The fourth-order valence-electron chi connectivity index (χ4n) is 1.95. The Kier molecular flexibility index (Phi) is 8.68. The number of esters is 1. The van der Waals surface area contributed by atoms with E-state index in [-0.39, 0.29) is 19.8 Å². The first-order valence-electron chi connectivity index (χ1n) is 7.74. The van der Waals surface area contributed by atoms with E-state index in [1.165, 1.54) is 0 Å². The van der Waals surface area contributed by atoms with Crippen molar-refractivity contribution < 1.29 is 32.7 Å². The molecule has 0 saturated carbocycles. The van der Waals surface area contributed by atoms with E-state index in [4.69, 9.17) is 18.5 Å². The molecule has 0 aromatic heterocycles. The van der Waals surface area contributed by atoms with Gasteiger partial charge in [0.15, 0.2) is 5.78 Å². The summed E-state index contributed by atoms with van der Waals surface area (Å²) >= 11 is 0. The average molecular weight is 358 g/mol. The highest BCUT2D eigenvalue weighted by Gasteiger charge is 2.47. The van der Waals surface area contributed by atoms with Crippen molar-refractivity contribution in [2.45, 2.75) is 26.4 Å². The third-order valence-electron chi connectivity index (χ3n) is 2.87. The predicted octanol–water partition coefficient (Wildman–Crippen LogP) is 2.83. The lowest BCUT2D eigenvalue weighted by Crippen LogP contribution is -2.36. The molecule has 24 heavy (non-hydrogen) atoms. The van der Waals surface area contributed by atoms with E-state index in [1.807, 2.05) is 0 Å². The Labute approximate surface area is 141 Å². The van der Waals surface area contributed by atoms with Crippen molar-refractivity contribution in [1.82, 2.24) is 0 Å². The lowest BCUT2D eigenvalue weighted by molar-refractivity contribution is -0.146. The molecule has 0 radical (unpaired) electrons. The van der Waals surface area contributed by atoms with Crippen molar-refractivity contribution in [1.29, 1.82) is 0 Å². The molecular formula is C16H23O7P. The minimum atomic E-state index is -4.00. The molecule has 1 aromatic carbocycles. The third-order valence-corrected chi connectivity index (χ3v) is 5.24. The molecule has 0 N–H and O–H groups in total. The van der Waals surface area contributed by atoms with E-state index >= 15 is 0 Å². The van der Waals surface area contributed by atoms with Gasteiger partial charge in [0, 0.05) is 0 Å². The Bertz CT molecular complexity index is 563. The van der Waals surface area contributed by atoms with Crippen LogP contribution in [0, 0.1) is 0 Å². The molecule has 0 aliphatic heterocycles. The van der Waals surface area contributed by atoms with Crippen LogP contribution in [0.3, 0.4) is 0 Å². The molecule has 1 aromatic rings. The van der Waals surface area contributed by atoms with E-state index in [0.717, 1.165) is 0 Å². The number of rotatable bonds is 11. The molecule has 134 valence electrons. The fourth-order valence-corrected chi connectivity index (χ4v) is 3.81. The first-order chi connectivity index (χ1) is 11.5. The minimum absolute atomic E-state index is 0.0278. The van der Waals surface area contributed by atoms with Crippen LogP contribution in [-0.2, 0) is 27.9 Å². The molecule has 0 aliphatic rings. The van der Waals surface area contributed by atoms with Crippen LogP contribution in [0.25, 0.3) is 0 Å². The van der Waals surface area contributed by atoms with Crippen molar-refractivity contribution >= 4 is 19.3 Å². The first kappa shape index (κ1) is 20.4. The van der Waals surface area contributed by atoms with Gasteiger partial charge >= 0.3 is 13.6 Å². The second kappa shape index (κ2) is 10.2. The highest BCUT2D eigenvalue weighted by molar-refractivity contribution is 7.57. The molecule has 1 rings (SSSR count). The number of Topliss-reactive ketones (excluding diaryl/α,β-unsaturated/α-hetero) is 1. The van der Waals surface area contributed by atoms with Crippen molar-refractivity contribution in [2.75, 3.05) is 26.4 Å². The normalized spacial score (nSPS) is 12.5. The zero-order valence-electron chi connectivity index (χ0n) is 14.1. The number of benzene rings is 1. The van der Waals surface area contributed by atoms with Crippen molar-refractivity contribution in [3.05, 3.63) is 30.3 Å². The van der Waals surface area contributed by atoms with Crippen LogP contribution in [0.15, 0.2) is 30.3 Å². The fraction of sp³-hybridized carbons (Fsp3) is 0.500. The van der Waals surface area contributed by atoms with Gasteiger partial charge in [0.25, 0.3) is 0 Å². The van der Waals surface area contributed by atoms with Crippen molar-refractivity contribution in [2.24, 2.45) is 0 Å². The number of hydrogen-bond donors (Lipinski definition) is 0. The van der Waals surface area contributed by atoms with Gasteiger partial charge in [-0.15, -0.1) is 0 Å². The van der Waals surface area contributed by atoms with Crippen LogP contribution in [0.2, 0.25) is 0 Å². The van der Waals surface area contributed by atoms with Crippen LogP contribution in [-0.4, -0.2) is 43.8 Å². The molecule has 0 amide bonds. The van der Waals surface area contributed by atoms with Crippen LogP contribution in [0.5, 0.6) is 5.75 Å². The quantitative estimate of drug-likeness (QED) is 0.341. The molecule has 0 saturated heterocycles. The molecule has 7 nitrogen and oxygen atoms in total. The maximum Gasteiger partial charge on any atom is 0.352 e. The zero-order valence-corrected chi connectivity index (χ0v) is 15.0. The summed E-state index contributed by atoms with van der Waals surface area (Å²) in [6, 6.07) is 8.62. The first-order valence-corrected chi connectivity index (χ1v) is 9.35. The van der Waals surface area contributed by atoms with Gasteiger partial charge in [0.05, 0.1) is 19.8 Å². The summed E-state index contributed by atoms with van der Waals surface area (Å²) < 4.78 is 33.3. The monoisotopic (exact) mass is 358 g/mol. The van der Waals surface area contributed by atoms with Crippen LogP contribution in [0.4, 0.5) is 0 Å². The lowest BCUT2D eigenvalue weighted by Gasteiger charge is -2.23. The van der Waals surface area contributed by atoms with E-state index in [0.29, 0.717) is 5.75 Å². The third kappa shape index (κ3) is 5.74. The highest BCUT2D eigenvalue weighted by Crippen LogP contribution is 2.53. The molecular weight excluding hydrogens is 335 g/mol. The molecule has 0 bridgehead atoms. The predicted molar refractivity (Wildman–Crippen MR) is 88.2 cm³/mol. The molecule has 0 heterocycles. The van der Waals surface area contributed by atoms with Crippen molar-refractivity contribution in [3.8, 4) is 5.75 Å². The Morgan fingerprint density at radius 1 is 1.00 bits per heavy atom. The van der Waals surface area contributed by atoms with Gasteiger partial charge in [-0.05, 0) is 32.9 Å². The number of carbonyl (C=O) groups is 2. The molecule has 0 aliphatic carbocycles. The molecule has 1 atom stereocenters. The highest BCUT2D eigenvalue weighted by atomic mass is 31.2. The van der Waals surface area contributed by atoms with Crippen LogP contribution < -0.4 is 4.74 Å². The summed E-state index contributed by atoms with van der Waals surface area (Å²) in [4.78, 5) is 24.6. The zero-order chi connectivity index (χ0) is 18.0. The number of ether oxygens (including phenoxy) is 2. The Morgan fingerprint density at radius 3 is 2.08 bits per heavy atom. The van der Waals surface area contributed by atoms with Gasteiger partial charge in [0.1, 0.15) is 12.4 Å². The van der Waals surface area contributed by atoms with Gasteiger partial charge in [-0.25, -0.2) is 0 Å². The van der Waals surface area contributed by atoms with Crippen LogP contribution >= 0.6 is 7.60 Å². The second-order valence-corrected chi connectivity index (χ2v) is 6.71. The topological polar surface area (TPSA) is 88.1 Å². The molecule has 8 heteroatoms. The van der Waals surface area contributed by atoms with E-state index in [2.05, 4.69) is 0 Å². The smallest absolute Gasteiger partial charge is 0.352 e. The molecule has 1 unspecified atom stereocenters. The Hall–Kier alpha value is -1.69.